The summed E-state index contributed by atoms with van der Waals surface area (Å²) in [4.78, 5) is 25.8. The van der Waals surface area contributed by atoms with Crippen LogP contribution in [-0.4, -0.2) is 56.7 Å². The second-order valence-electron chi connectivity index (χ2n) is 6.16. The highest BCUT2D eigenvalue weighted by Gasteiger charge is 2.27. The maximum absolute atomic E-state index is 13.5. The summed E-state index contributed by atoms with van der Waals surface area (Å²) in [5.41, 5.74) is 0. The van der Waals surface area contributed by atoms with E-state index in [1.807, 2.05) is 0 Å². The Morgan fingerprint density at radius 3 is 2.65 bits per heavy atom. The number of carbonyl (C=O) groups is 2. The highest BCUT2D eigenvalue weighted by Crippen LogP contribution is 2.20. The third kappa shape index (κ3) is 5.94. The summed E-state index contributed by atoms with van der Waals surface area (Å²) in [6.07, 6.45) is 1.91. The summed E-state index contributed by atoms with van der Waals surface area (Å²) in [6.45, 7) is 1.75. The quantitative estimate of drug-likeness (QED) is 0.708. The van der Waals surface area contributed by atoms with Gasteiger partial charge in [0.1, 0.15) is 5.82 Å². The average Bonchev–Trinajstić information content (AvgIpc) is 2.64. The van der Waals surface area contributed by atoms with Crippen LogP contribution in [0.2, 0.25) is 0 Å². The minimum atomic E-state index is -0.846. The van der Waals surface area contributed by atoms with E-state index in [9.17, 15) is 18.4 Å². The molecule has 0 atom stereocenters. The van der Waals surface area contributed by atoms with Crippen LogP contribution in [0.3, 0.4) is 0 Å². The number of halogens is 2. The van der Waals surface area contributed by atoms with Gasteiger partial charge in [-0.2, -0.15) is 0 Å². The molecule has 1 saturated heterocycles. The molecule has 1 heterocycles. The van der Waals surface area contributed by atoms with Gasteiger partial charge < -0.3 is 19.7 Å². The summed E-state index contributed by atoms with van der Waals surface area (Å²) in [6, 6.07) is 2.92. The molecule has 1 fully saturated rings. The molecular formula is C18H24F2N2O4. The lowest BCUT2D eigenvalue weighted by atomic mass is 9.96. The molecule has 1 aromatic carbocycles. The van der Waals surface area contributed by atoms with Gasteiger partial charge in [-0.3, -0.25) is 9.59 Å². The summed E-state index contributed by atoms with van der Waals surface area (Å²) in [7, 11) is 1.61. The van der Waals surface area contributed by atoms with Crippen LogP contribution < -0.4 is 10.1 Å². The number of rotatable bonds is 8. The molecule has 2 rings (SSSR count). The van der Waals surface area contributed by atoms with Crippen molar-refractivity contribution in [1.29, 1.82) is 0 Å². The molecule has 0 spiro atoms. The van der Waals surface area contributed by atoms with Gasteiger partial charge in [0.15, 0.2) is 18.2 Å². The minimum absolute atomic E-state index is 0.00200. The van der Waals surface area contributed by atoms with E-state index in [2.05, 4.69) is 5.32 Å². The number of hydrogen-bond donors (Lipinski definition) is 1. The molecule has 0 aromatic heterocycles. The number of ether oxygens (including phenoxy) is 2. The molecule has 26 heavy (non-hydrogen) atoms. The van der Waals surface area contributed by atoms with Crippen molar-refractivity contribution in [3.8, 4) is 5.75 Å². The van der Waals surface area contributed by atoms with Gasteiger partial charge in [0.05, 0.1) is 0 Å². The van der Waals surface area contributed by atoms with Gasteiger partial charge in [0, 0.05) is 45.3 Å². The molecule has 1 aliphatic heterocycles. The van der Waals surface area contributed by atoms with E-state index in [4.69, 9.17) is 9.47 Å². The molecule has 0 aliphatic carbocycles. The topological polar surface area (TPSA) is 67.9 Å². The molecule has 144 valence electrons. The Morgan fingerprint density at radius 1 is 1.27 bits per heavy atom. The van der Waals surface area contributed by atoms with Crippen molar-refractivity contribution < 1.29 is 27.8 Å². The van der Waals surface area contributed by atoms with E-state index in [1.54, 1.807) is 12.0 Å². The van der Waals surface area contributed by atoms with Crippen LogP contribution in [0.25, 0.3) is 0 Å². The second kappa shape index (κ2) is 10.1. The van der Waals surface area contributed by atoms with Crippen molar-refractivity contribution in [3.05, 3.63) is 29.8 Å². The van der Waals surface area contributed by atoms with Crippen LogP contribution in [0.15, 0.2) is 18.2 Å². The van der Waals surface area contributed by atoms with Gasteiger partial charge in [0.2, 0.25) is 5.91 Å². The number of likely N-dealkylation sites (tertiary alicyclic amines) is 1. The number of carbonyl (C=O) groups excluding carboxylic acids is 2. The van der Waals surface area contributed by atoms with Gasteiger partial charge in [-0.15, -0.1) is 0 Å². The number of piperidine rings is 1. The van der Waals surface area contributed by atoms with Gasteiger partial charge in [-0.05, 0) is 31.4 Å². The maximum atomic E-state index is 13.5. The Bertz CT molecular complexity index is 619. The standard InChI is InChI=1S/C18H24F2N2O4/c1-25-10-2-7-21-18(24)13-5-8-22(9-6-13)17(23)12-26-16-4-3-14(19)11-15(16)20/h3-4,11,13H,2,5-10,12H2,1H3,(H,21,24). The van der Waals surface area contributed by atoms with Crippen LogP contribution in [0.1, 0.15) is 19.3 Å². The van der Waals surface area contributed by atoms with Crippen molar-refractivity contribution in [2.24, 2.45) is 5.92 Å². The van der Waals surface area contributed by atoms with Crippen molar-refractivity contribution in [3.63, 3.8) is 0 Å². The number of amides is 2. The van der Waals surface area contributed by atoms with Crippen LogP contribution in [0.4, 0.5) is 8.78 Å². The predicted molar refractivity (Wildman–Crippen MR) is 90.7 cm³/mol. The molecule has 8 heteroatoms. The Labute approximate surface area is 151 Å². The first-order valence-electron chi connectivity index (χ1n) is 8.63. The maximum Gasteiger partial charge on any atom is 0.260 e. The van der Waals surface area contributed by atoms with Crippen LogP contribution in [0.5, 0.6) is 5.75 Å². The molecule has 1 aromatic rings. The average molecular weight is 370 g/mol. The molecule has 0 bridgehead atoms. The lowest BCUT2D eigenvalue weighted by Gasteiger charge is -2.31. The van der Waals surface area contributed by atoms with Crippen LogP contribution >= 0.6 is 0 Å². The smallest absolute Gasteiger partial charge is 0.260 e. The Morgan fingerprint density at radius 2 is 2.00 bits per heavy atom. The van der Waals surface area contributed by atoms with Crippen molar-refractivity contribution >= 4 is 11.8 Å². The van der Waals surface area contributed by atoms with E-state index in [0.717, 1.165) is 18.6 Å². The molecular weight excluding hydrogens is 346 g/mol. The SMILES string of the molecule is COCCCNC(=O)C1CCN(C(=O)COc2ccc(F)cc2F)CC1. The van der Waals surface area contributed by atoms with Crippen molar-refractivity contribution in [1.82, 2.24) is 10.2 Å². The number of methoxy groups -OCH3 is 1. The molecule has 6 nitrogen and oxygen atoms in total. The zero-order valence-corrected chi connectivity index (χ0v) is 14.8. The first-order chi connectivity index (χ1) is 12.5. The lowest BCUT2D eigenvalue weighted by Crippen LogP contribution is -2.44. The Balaban J connectivity index is 1.71. The normalized spacial score (nSPS) is 15.0. The number of nitrogens with one attached hydrogen (secondary N) is 1. The highest BCUT2D eigenvalue weighted by molar-refractivity contribution is 5.80. The third-order valence-corrected chi connectivity index (χ3v) is 4.29. The number of nitrogens with zero attached hydrogens (tertiary/aromatic N) is 1. The van der Waals surface area contributed by atoms with Gasteiger partial charge in [-0.25, -0.2) is 8.78 Å². The summed E-state index contributed by atoms with van der Waals surface area (Å²) in [5, 5.41) is 2.87. The highest BCUT2D eigenvalue weighted by atomic mass is 19.1. The first kappa shape index (κ1) is 20.1. The first-order valence-corrected chi connectivity index (χ1v) is 8.63. The fourth-order valence-electron chi connectivity index (χ4n) is 2.79. The van der Waals surface area contributed by atoms with Crippen LogP contribution in [0, 0.1) is 17.6 Å². The fourth-order valence-corrected chi connectivity index (χ4v) is 2.79. The summed E-state index contributed by atoms with van der Waals surface area (Å²) >= 11 is 0. The van der Waals surface area contributed by atoms with Gasteiger partial charge in [0.25, 0.3) is 5.91 Å². The van der Waals surface area contributed by atoms with Crippen molar-refractivity contribution in [2.45, 2.75) is 19.3 Å². The molecule has 1 N–H and O–H groups in total. The molecule has 2 amide bonds. The lowest BCUT2D eigenvalue weighted by molar-refractivity contribution is -0.137. The Hall–Kier alpha value is -2.22. The minimum Gasteiger partial charge on any atom is -0.481 e. The van der Waals surface area contributed by atoms with E-state index < -0.39 is 11.6 Å². The van der Waals surface area contributed by atoms with E-state index in [1.165, 1.54) is 0 Å². The zero-order chi connectivity index (χ0) is 18.9. The van der Waals surface area contributed by atoms with E-state index >= 15 is 0 Å². The van der Waals surface area contributed by atoms with Crippen LogP contribution in [-0.2, 0) is 14.3 Å². The summed E-state index contributed by atoms with van der Waals surface area (Å²) in [5.74, 6) is -2.11. The largest absolute Gasteiger partial charge is 0.481 e. The predicted octanol–water partition coefficient (Wildman–Crippen LogP) is 1.73. The molecule has 1 aliphatic rings. The Kier molecular flexibility index (Phi) is 7.77. The zero-order valence-electron chi connectivity index (χ0n) is 14.8. The third-order valence-electron chi connectivity index (χ3n) is 4.29. The molecule has 0 radical (unpaired) electrons. The summed E-state index contributed by atoms with van der Waals surface area (Å²) < 4.78 is 36.4. The van der Waals surface area contributed by atoms with Gasteiger partial charge >= 0.3 is 0 Å². The van der Waals surface area contributed by atoms with Gasteiger partial charge in [-0.1, -0.05) is 0 Å². The van der Waals surface area contributed by atoms with E-state index in [-0.39, 0.29) is 30.1 Å². The van der Waals surface area contributed by atoms with E-state index in [0.29, 0.717) is 45.1 Å². The molecule has 0 saturated carbocycles. The monoisotopic (exact) mass is 370 g/mol. The second-order valence-corrected chi connectivity index (χ2v) is 6.16. The fraction of sp³-hybridized carbons (Fsp3) is 0.556. The number of hydrogen-bond acceptors (Lipinski definition) is 4. The number of benzene rings is 1. The molecule has 0 unspecified atom stereocenters. The van der Waals surface area contributed by atoms with Crippen molar-refractivity contribution in [2.75, 3.05) is 40.0 Å².